The van der Waals surface area contributed by atoms with Gasteiger partial charge in [-0.2, -0.15) is 0 Å². The van der Waals surface area contributed by atoms with E-state index in [4.69, 9.17) is 5.73 Å². The lowest BCUT2D eigenvalue weighted by Gasteiger charge is -2.32. The van der Waals surface area contributed by atoms with E-state index < -0.39 is 0 Å². The van der Waals surface area contributed by atoms with Gasteiger partial charge < -0.3 is 4.48 Å². The van der Waals surface area contributed by atoms with E-state index in [2.05, 4.69) is 0 Å². The Labute approximate surface area is 69.0 Å². The van der Waals surface area contributed by atoms with Crippen molar-refractivity contribution in [3.8, 4) is 0 Å². The van der Waals surface area contributed by atoms with Crippen molar-refractivity contribution in [2.45, 2.75) is 25.7 Å². The van der Waals surface area contributed by atoms with Crippen LogP contribution in [0.2, 0.25) is 0 Å². The minimum Gasteiger partial charge on any atom is -0.311 e. The van der Waals surface area contributed by atoms with Crippen LogP contribution in [0.3, 0.4) is 0 Å². The van der Waals surface area contributed by atoms with Crippen molar-refractivity contribution < 1.29 is 4.48 Å². The van der Waals surface area contributed by atoms with Crippen molar-refractivity contribution in [2.24, 2.45) is 11.7 Å². The van der Waals surface area contributed by atoms with Crippen LogP contribution < -0.4 is 5.73 Å². The molecule has 2 rings (SSSR count). The van der Waals surface area contributed by atoms with Crippen LogP contribution in [0, 0.1) is 5.92 Å². The van der Waals surface area contributed by atoms with Crippen molar-refractivity contribution >= 4 is 0 Å². The van der Waals surface area contributed by atoms with E-state index in [0.29, 0.717) is 0 Å². The molecule has 1 saturated carbocycles. The van der Waals surface area contributed by atoms with E-state index in [0.717, 1.165) is 12.6 Å². The standard InChI is InChI=1S/C9H19N2/c10-8-11(5-1-2-6-11)7-9-3-4-9/h9H,1-8,10H2/q+1. The summed E-state index contributed by atoms with van der Waals surface area (Å²) in [5.41, 5.74) is 5.82. The molecule has 1 aliphatic carbocycles. The first-order chi connectivity index (χ1) is 5.35. The maximum absolute atomic E-state index is 5.82. The summed E-state index contributed by atoms with van der Waals surface area (Å²) in [6.07, 6.45) is 5.76. The molecule has 1 saturated heterocycles. The summed E-state index contributed by atoms with van der Waals surface area (Å²) in [7, 11) is 0. The second-order valence-electron chi connectivity index (χ2n) is 4.30. The molecule has 1 heterocycles. The Hall–Kier alpha value is -0.0800. The third kappa shape index (κ3) is 1.57. The lowest BCUT2D eigenvalue weighted by Crippen LogP contribution is -2.50. The molecular weight excluding hydrogens is 136 g/mol. The average molecular weight is 155 g/mol. The molecule has 64 valence electrons. The number of hydrogen-bond acceptors (Lipinski definition) is 1. The third-order valence-corrected chi connectivity index (χ3v) is 3.24. The van der Waals surface area contributed by atoms with Crippen LogP contribution in [0.4, 0.5) is 0 Å². The van der Waals surface area contributed by atoms with E-state index in [1.165, 1.54) is 49.8 Å². The van der Waals surface area contributed by atoms with E-state index in [1.54, 1.807) is 0 Å². The molecule has 0 atom stereocenters. The summed E-state index contributed by atoms with van der Waals surface area (Å²) in [6.45, 7) is 4.98. The zero-order valence-electron chi connectivity index (χ0n) is 7.26. The molecule has 11 heavy (non-hydrogen) atoms. The van der Waals surface area contributed by atoms with Crippen molar-refractivity contribution in [2.75, 3.05) is 26.3 Å². The molecule has 0 spiro atoms. The molecule has 0 aromatic carbocycles. The summed E-state index contributed by atoms with van der Waals surface area (Å²) in [4.78, 5) is 0. The van der Waals surface area contributed by atoms with E-state index >= 15 is 0 Å². The lowest BCUT2D eigenvalue weighted by atomic mass is 10.3. The summed E-state index contributed by atoms with van der Waals surface area (Å²) in [5.74, 6) is 1.04. The molecule has 0 bridgehead atoms. The summed E-state index contributed by atoms with van der Waals surface area (Å²) in [6, 6.07) is 0. The van der Waals surface area contributed by atoms with Crippen molar-refractivity contribution in [3.63, 3.8) is 0 Å². The first-order valence-corrected chi connectivity index (χ1v) is 4.90. The molecule has 2 N–H and O–H groups in total. The first kappa shape index (κ1) is 7.56. The predicted octanol–water partition coefficient (Wildman–Crippen LogP) is 0.923. The molecule has 0 aromatic heterocycles. The van der Waals surface area contributed by atoms with Gasteiger partial charge in [-0.25, -0.2) is 0 Å². The van der Waals surface area contributed by atoms with Gasteiger partial charge in [0.25, 0.3) is 0 Å². The summed E-state index contributed by atoms with van der Waals surface area (Å²) in [5, 5.41) is 0. The van der Waals surface area contributed by atoms with E-state index in [9.17, 15) is 0 Å². The van der Waals surface area contributed by atoms with Gasteiger partial charge in [0.1, 0.15) is 6.67 Å². The highest BCUT2D eigenvalue weighted by Gasteiger charge is 2.37. The third-order valence-electron chi connectivity index (χ3n) is 3.24. The fourth-order valence-electron chi connectivity index (χ4n) is 2.29. The Morgan fingerprint density at radius 3 is 2.27 bits per heavy atom. The number of hydrogen-bond donors (Lipinski definition) is 1. The Bertz CT molecular complexity index is 134. The van der Waals surface area contributed by atoms with Crippen LogP contribution in [0.15, 0.2) is 0 Å². The van der Waals surface area contributed by atoms with Crippen molar-refractivity contribution in [1.82, 2.24) is 0 Å². The zero-order chi connectivity index (χ0) is 7.73. The van der Waals surface area contributed by atoms with Gasteiger partial charge in [0, 0.05) is 18.8 Å². The fourth-order valence-corrected chi connectivity index (χ4v) is 2.29. The molecule has 0 aromatic rings. The monoisotopic (exact) mass is 155 g/mol. The average Bonchev–Trinajstić information content (AvgIpc) is 2.68. The Balaban J connectivity index is 1.91. The predicted molar refractivity (Wildman–Crippen MR) is 45.9 cm³/mol. The van der Waals surface area contributed by atoms with Gasteiger partial charge >= 0.3 is 0 Å². The number of nitrogens with zero attached hydrogens (tertiary/aromatic N) is 1. The Morgan fingerprint density at radius 1 is 1.18 bits per heavy atom. The number of nitrogens with two attached hydrogens (primary N) is 1. The van der Waals surface area contributed by atoms with Crippen LogP contribution in [0.1, 0.15) is 25.7 Å². The molecule has 0 radical (unpaired) electrons. The van der Waals surface area contributed by atoms with Crippen LogP contribution in [0.25, 0.3) is 0 Å². The smallest absolute Gasteiger partial charge is 0.130 e. The molecule has 2 aliphatic rings. The topological polar surface area (TPSA) is 26.0 Å². The van der Waals surface area contributed by atoms with Crippen LogP contribution in [-0.4, -0.2) is 30.8 Å². The van der Waals surface area contributed by atoms with Gasteiger partial charge in [0.05, 0.1) is 19.6 Å². The van der Waals surface area contributed by atoms with Crippen LogP contribution in [-0.2, 0) is 0 Å². The number of likely N-dealkylation sites (tertiary alicyclic amines) is 1. The quantitative estimate of drug-likeness (QED) is 0.603. The second kappa shape index (κ2) is 2.76. The lowest BCUT2D eigenvalue weighted by molar-refractivity contribution is -0.918. The van der Waals surface area contributed by atoms with Gasteiger partial charge in [-0.3, -0.25) is 5.73 Å². The highest BCUT2D eigenvalue weighted by atomic mass is 15.4. The minimum absolute atomic E-state index is 0.885. The SMILES string of the molecule is NC[N+]1(CC2CC2)CCCC1. The van der Waals surface area contributed by atoms with Crippen molar-refractivity contribution in [1.29, 1.82) is 0 Å². The maximum atomic E-state index is 5.82. The van der Waals surface area contributed by atoms with Gasteiger partial charge in [-0.05, 0) is 12.8 Å². The highest BCUT2D eigenvalue weighted by Crippen LogP contribution is 2.33. The maximum Gasteiger partial charge on any atom is 0.130 e. The van der Waals surface area contributed by atoms with Gasteiger partial charge in [-0.15, -0.1) is 0 Å². The van der Waals surface area contributed by atoms with Gasteiger partial charge in [-0.1, -0.05) is 0 Å². The van der Waals surface area contributed by atoms with Crippen molar-refractivity contribution in [3.05, 3.63) is 0 Å². The molecule has 2 nitrogen and oxygen atoms in total. The molecule has 2 heteroatoms. The van der Waals surface area contributed by atoms with Gasteiger partial charge in [0.2, 0.25) is 0 Å². The normalized spacial score (nSPS) is 29.2. The second-order valence-corrected chi connectivity index (χ2v) is 4.30. The van der Waals surface area contributed by atoms with E-state index in [1.807, 2.05) is 0 Å². The minimum atomic E-state index is 0.885. The molecular formula is C9H19N2+. The van der Waals surface area contributed by atoms with Gasteiger partial charge in [0.15, 0.2) is 0 Å². The number of quaternary nitrogens is 1. The first-order valence-electron chi connectivity index (χ1n) is 4.90. The summed E-state index contributed by atoms with van der Waals surface area (Å²) >= 11 is 0. The van der Waals surface area contributed by atoms with Crippen LogP contribution in [0.5, 0.6) is 0 Å². The Morgan fingerprint density at radius 2 is 1.82 bits per heavy atom. The number of rotatable bonds is 3. The summed E-state index contributed by atoms with van der Waals surface area (Å²) < 4.78 is 1.24. The molecule has 0 amide bonds. The molecule has 0 unspecified atom stereocenters. The largest absolute Gasteiger partial charge is 0.311 e. The fraction of sp³-hybridized carbons (Fsp3) is 1.00. The van der Waals surface area contributed by atoms with Crippen LogP contribution >= 0.6 is 0 Å². The molecule has 1 aliphatic heterocycles. The Kier molecular flexibility index (Phi) is 1.90. The zero-order valence-corrected chi connectivity index (χ0v) is 7.26. The molecule has 2 fully saturated rings. The van der Waals surface area contributed by atoms with E-state index in [-0.39, 0.29) is 0 Å². The highest BCUT2D eigenvalue weighted by molar-refractivity contribution is 4.73.